The second kappa shape index (κ2) is 6.88. The second-order valence-corrected chi connectivity index (χ2v) is 6.13. The van der Waals surface area contributed by atoms with Gasteiger partial charge in [0.15, 0.2) is 0 Å². The van der Waals surface area contributed by atoms with Gasteiger partial charge in [-0.05, 0) is 55.5 Å². The largest absolute Gasteiger partial charge is 0.333 e. The number of carbonyl (C=O) groups excluding carboxylic acids is 1. The number of hydrogen-bond donors (Lipinski definition) is 0. The fourth-order valence-electron chi connectivity index (χ4n) is 3.09. The van der Waals surface area contributed by atoms with E-state index in [4.69, 9.17) is 0 Å². The first-order valence-corrected chi connectivity index (χ1v) is 8.70. The van der Waals surface area contributed by atoms with Crippen molar-refractivity contribution in [1.82, 2.24) is 18.9 Å². The van der Waals surface area contributed by atoms with Crippen LogP contribution >= 0.6 is 0 Å². The van der Waals surface area contributed by atoms with Gasteiger partial charge in [-0.3, -0.25) is 4.79 Å². The highest BCUT2D eigenvalue weighted by molar-refractivity contribution is 5.94. The van der Waals surface area contributed by atoms with Crippen molar-refractivity contribution >= 4 is 11.6 Å². The second-order valence-electron chi connectivity index (χ2n) is 6.13. The Hall–Kier alpha value is -3.34. The summed E-state index contributed by atoms with van der Waals surface area (Å²) in [5.74, 6) is 0.0254. The van der Waals surface area contributed by atoms with Crippen molar-refractivity contribution in [3.8, 4) is 5.69 Å². The Morgan fingerprint density at radius 3 is 2.46 bits per heavy atom. The number of fused-ring (bicyclic) bond motifs is 1. The van der Waals surface area contributed by atoms with Crippen LogP contribution in [0.2, 0.25) is 0 Å². The molecule has 1 amide bonds. The molecule has 0 aliphatic rings. The Kier molecular flexibility index (Phi) is 4.27. The van der Waals surface area contributed by atoms with E-state index in [0.29, 0.717) is 18.7 Å². The number of amides is 1. The van der Waals surface area contributed by atoms with Crippen LogP contribution in [0.15, 0.2) is 79.4 Å². The van der Waals surface area contributed by atoms with Gasteiger partial charge in [0.05, 0.1) is 18.4 Å². The number of rotatable bonds is 5. The summed E-state index contributed by atoms with van der Waals surface area (Å²) in [5.41, 5.74) is 3.62. The van der Waals surface area contributed by atoms with Crippen LogP contribution in [0, 0.1) is 0 Å². The molecule has 5 heteroatoms. The van der Waals surface area contributed by atoms with Crippen molar-refractivity contribution in [2.75, 3.05) is 6.54 Å². The molecule has 5 nitrogen and oxygen atoms in total. The van der Waals surface area contributed by atoms with Gasteiger partial charge in [0, 0.05) is 36.4 Å². The van der Waals surface area contributed by atoms with Crippen LogP contribution < -0.4 is 0 Å². The summed E-state index contributed by atoms with van der Waals surface area (Å²) in [6, 6.07) is 17.6. The summed E-state index contributed by atoms with van der Waals surface area (Å²) < 4.78 is 4.04. The zero-order chi connectivity index (χ0) is 17.9. The third-order valence-corrected chi connectivity index (χ3v) is 4.53. The van der Waals surface area contributed by atoms with Crippen LogP contribution in [0.3, 0.4) is 0 Å². The molecule has 0 bridgehead atoms. The van der Waals surface area contributed by atoms with Crippen LogP contribution in [0.1, 0.15) is 23.0 Å². The van der Waals surface area contributed by atoms with Gasteiger partial charge >= 0.3 is 0 Å². The Balaban J connectivity index is 1.55. The van der Waals surface area contributed by atoms with E-state index in [9.17, 15) is 4.79 Å². The molecule has 0 aliphatic carbocycles. The number of pyridine rings is 1. The summed E-state index contributed by atoms with van der Waals surface area (Å²) in [6.45, 7) is 3.16. The molecule has 3 heterocycles. The van der Waals surface area contributed by atoms with E-state index in [0.717, 1.165) is 17.0 Å². The lowest BCUT2D eigenvalue weighted by Gasteiger charge is -2.21. The Morgan fingerprint density at radius 1 is 1.00 bits per heavy atom. The molecular formula is C21H20N4O. The predicted octanol–water partition coefficient (Wildman–Crippen LogP) is 3.79. The van der Waals surface area contributed by atoms with Crippen molar-refractivity contribution < 1.29 is 4.79 Å². The molecule has 3 aromatic heterocycles. The zero-order valence-corrected chi connectivity index (χ0v) is 14.6. The Morgan fingerprint density at radius 2 is 1.73 bits per heavy atom. The van der Waals surface area contributed by atoms with Crippen molar-refractivity contribution in [3.05, 3.63) is 90.6 Å². The summed E-state index contributed by atoms with van der Waals surface area (Å²) in [6.07, 6.45) is 7.78. The van der Waals surface area contributed by atoms with Crippen molar-refractivity contribution in [3.63, 3.8) is 0 Å². The molecule has 0 unspecified atom stereocenters. The minimum Gasteiger partial charge on any atom is -0.333 e. The molecule has 0 spiro atoms. The molecule has 0 saturated heterocycles. The third kappa shape index (κ3) is 2.99. The third-order valence-electron chi connectivity index (χ3n) is 4.53. The quantitative estimate of drug-likeness (QED) is 0.553. The molecule has 4 aromatic rings. The van der Waals surface area contributed by atoms with Crippen LogP contribution in [-0.2, 0) is 6.54 Å². The average molecular weight is 344 g/mol. The maximum absolute atomic E-state index is 12.9. The highest BCUT2D eigenvalue weighted by atomic mass is 16.2. The molecule has 4 rings (SSSR count). The maximum atomic E-state index is 12.9. The molecule has 0 saturated carbocycles. The SMILES string of the molecule is CCN(Cc1cnc2ccccn12)C(=O)c1ccc(-n2cccc2)cc1. The summed E-state index contributed by atoms with van der Waals surface area (Å²) in [4.78, 5) is 19.2. The van der Waals surface area contributed by atoms with E-state index in [2.05, 4.69) is 4.98 Å². The predicted molar refractivity (Wildman–Crippen MR) is 101 cm³/mol. The highest BCUT2D eigenvalue weighted by Gasteiger charge is 2.16. The van der Waals surface area contributed by atoms with Crippen molar-refractivity contribution in [1.29, 1.82) is 0 Å². The molecule has 1 aromatic carbocycles. The average Bonchev–Trinajstić information content (AvgIpc) is 3.36. The molecule has 0 atom stereocenters. The first-order valence-electron chi connectivity index (χ1n) is 8.70. The molecule has 130 valence electrons. The standard InChI is InChI=1S/C21H20N4O/c1-2-23(16-19-15-22-20-7-3-4-14-25(19)20)21(26)17-8-10-18(11-9-17)24-12-5-6-13-24/h3-15H,2,16H2,1H3. The molecule has 0 radical (unpaired) electrons. The van der Waals surface area contributed by atoms with E-state index in [-0.39, 0.29) is 5.91 Å². The van der Waals surface area contributed by atoms with E-state index < -0.39 is 0 Å². The number of aromatic nitrogens is 3. The van der Waals surface area contributed by atoms with Gasteiger partial charge in [-0.2, -0.15) is 0 Å². The smallest absolute Gasteiger partial charge is 0.254 e. The van der Waals surface area contributed by atoms with E-state index in [1.807, 2.05) is 100 Å². The molecule has 0 N–H and O–H groups in total. The normalized spacial score (nSPS) is 11.0. The number of hydrogen-bond acceptors (Lipinski definition) is 2. The lowest BCUT2D eigenvalue weighted by Crippen LogP contribution is -2.30. The van der Waals surface area contributed by atoms with E-state index in [1.54, 1.807) is 0 Å². The molecule has 0 fully saturated rings. The van der Waals surface area contributed by atoms with Gasteiger partial charge < -0.3 is 13.9 Å². The maximum Gasteiger partial charge on any atom is 0.254 e. The number of carbonyl (C=O) groups is 1. The fraction of sp³-hybridized carbons (Fsp3) is 0.143. The fourth-order valence-corrected chi connectivity index (χ4v) is 3.09. The van der Waals surface area contributed by atoms with Gasteiger partial charge in [0.1, 0.15) is 5.65 Å². The monoisotopic (exact) mass is 344 g/mol. The minimum atomic E-state index is 0.0254. The van der Waals surface area contributed by atoms with Crippen LogP contribution in [0.4, 0.5) is 0 Å². The van der Waals surface area contributed by atoms with Crippen LogP contribution in [0.25, 0.3) is 11.3 Å². The van der Waals surface area contributed by atoms with Gasteiger partial charge in [0.25, 0.3) is 5.91 Å². The van der Waals surface area contributed by atoms with Gasteiger partial charge in [-0.15, -0.1) is 0 Å². The number of benzene rings is 1. The number of nitrogens with zero attached hydrogens (tertiary/aromatic N) is 4. The zero-order valence-electron chi connectivity index (χ0n) is 14.6. The summed E-state index contributed by atoms with van der Waals surface area (Å²) in [5, 5.41) is 0. The van der Waals surface area contributed by atoms with Crippen molar-refractivity contribution in [2.45, 2.75) is 13.5 Å². The molecular weight excluding hydrogens is 324 g/mol. The van der Waals surface area contributed by atoms with Gasteiger partial charge in [-0.25, -0.2) is 4.98 Å². The topological polar surface area (TPSA) is 42.5 Å². The highest BCUT2D eigenvalue weighted by Crippen LogP contribution is 2.15. The molecule has 0 aliphatic heterocycles. The first-order chi connectivity index (χ1) is 12.8. The lowest BCUT2D eigenvalue weighted by molar-refractivity contribution is 0.0750. The Labute approximate surface area is 152 Å². The minimum absolute atomic E-state index is 0.0254. The van der Waals surface area contributed by atoms with Gasteiger partial charge in [0.2, 0.25) is 0 Å². The number of imidazole rings is 1. The first kappa shape index (κ1) is 16.1. The van der Waals surface area contributed by atoms with Crippen molar-refractivity contribution in [2.24, 2.45) is 0 Å². The van der Waals surface area contributed by atoms with Crippen LogP contribution in [-0.4, -0.2) is 31.3 Å². The van der Waals surface area contributed by atoms with Crippen LogP contribution in [0.5, 0.6) is 0 Å². The van der Waals surface area contributed by atoms with E-state index in [1.165, 1.54) is 0 Å². The summed E-state index contributed by atoms with van der Waals surface area (Å²) in [7, 11) is 0. The molecule has 26 heavy (non-hydrogen) atoms. The van der Waals surface area contributed by atoms with E-state index >= 15 is 0 Å². The Bertz CT molecular complexity index is 1020. The summed E-state index contributed by atoms with van der Waals surface area (Å²) >= 11 is 0. The lowest BCUT2D eigenvalue weighted by atomic mass is 10.1. The van der Waals surface area contributed by atoms with Gasteiger partial charge in [-0.1, -0.05) is 6.07 Å².